The van der Waals surface area contributed by atoms with Crippen LogP contribution in [-0.4, -0.2) is 65.5 Å². The first kappa shape index (κ1) is 23.3. The number of nitrogens with zero attached hydrogens (tertiary/aromatic N) is 3. The van der Waals surface area contributed by atoms with Crippen LogP contribution in [0.25, 0.3) is 16.8 Å². The minimum Gasteiger partial charge on any atom is -0.494 e. The summed E-state index contributed by atoms with van der Waals surface area (Å²) in [6, 6.07) is 13.2. The summed E-state index contributed by atoms with van der Waals surface area (Å²) in [5, 5.41) is 20.2. The molecule has 0 saturated carbocycles. The van der Waals surface area contributed by atoms with Gasteiger partial charge in [-0.3, -0.25) is 19.6 Å². The van der Waals surface area contributed by atoms with Crippen LogP contribution in [0.2, 0.25) is 0 Å². The first-order valence-electron chi connectivity index (χ1n) is 11.3. The molecule has 1 aromatic heterocycles. The van der Waals surface area contributed by atoms with E-state index in [1.165, 1.54) is 0 Å². The van der Waals surface area contributed by atoms with Crippen LogP contribution in [0.4, 0.5) is 11.4 Å². The van der Waals surface area contributed by atoms with Gasteiger partial charge in [-0.15, -0.1) is 0 Å². The number of aliphatic carboxylic acids is 1. The van der Waals surface area contributed by atoms with E-state index in [0.717, 1.165) is 43.1 Å². The summed E-state index contributed by atoms with van der Waals surface area (Å²) in [6.07, 6.45) is 5.59. The van der Waals surface area contributed by atoms with Gasteiger partial charge in [-0.05, 0) is 55.4 Å². The number of piperazine rings is 1. The highest BCUT2D eigenvalue weighted by Gasteiger charge is 2.14. The van der Waals surface area contributed by atoms with Crippen LogP contribution < -0.4 is 10.5 Å². The number of aromatic hydroxyl groups is 1. The average molecular weight is 461 g/mol. The smallest absolute Gasteiger partial charge is 0.303 e. The fourth-order valence-electron chi connectivity index (χ4n) is 3.97. The Morgan fingerprint density at radius 3 is 2.53 bits per heavy atom. The molecule has 8 nitrogen and oxygen atoms in total. The number of H-pyrrole nitrogens is 1. The van der Waals surface area contributed by atoms with Crippen LogP contribution in [0.5, 0.6) is 5.88 Å². The number of aromatic nitrogens is 1. The first-order valence-corrected chi connectivity index (χ1v) is 11.3. The normalized spacial score (nSPS) is 15.0. The maximum Gasteiger partial charge on any atom is 0.303 e. The van der Waals surface area contributed by atoms with E-state index in [4.69, 9.17) is 5.11 Å². The number of pyridine rings is 1. The number of carbonyl (C=O) groups is 1. The molecule has 1 aliphatic rings. The number of hydrogen-bond acceptors (Lipinski definition) is 6. The molecular formula is C26H28N4O4. The largest absolute Gasteiger partial charge is 0.494 e. The Labute approximate surface area is 197 Å². The van der Waals surface area contributed by atoms with Gasteiger partial charge < -0.3 is 20.0 Å². The molecule has 0 unspecified atom stereocenters. The lowest BCUT2D eigenvalue weighted by atomic mass is 10.0. The van der Waals surface area contributed by atoms with Gasteiger partial charge in [0.2, 0.25) is 5.88 Å². The second-order valence-corrected chi connectivity index (χ2v) is 8.42. The molecular weight excluding hydrogens is 432 g/mol. The molecule has 0 atom stereocenters. The quantitative estimate of drug-likeness (QED) is 0.465. The number of aromatic amines is 1. The third-order valence-corrected chi connectivity index (χ3v) is 5.96. The van der Waals surface area contributed by atoms with Crippen molar-refractivity contribution in [2.45, 2.75) is 12.8 Å². The van der Waals surface area contributed by atoms with Crippen LogP contribution in [-0.2, 0) is 4.79 Å². The van der Waals surface area contributed by atoms with Crippen molar-refractivity contribution in [3.05, 3.63) is 70.0 Å². The number of anilines is 1. The molecule has 0 spiro atoms. The van der Waals surface area contributed by atoms with Crippen molar-refractivity contribution in [2.24, 2.45) is 4.99 Å². The monoisotopic (exact) mass is 460 g/mol. The highest BCUT2D eigenvalue weighted by Crippen LogP contribution is 2.25. The van der Waals surface area contributed by atoms with Gasteiger partial charge in [0.1, 0.15) is 0 Å². The van der Waals surface area contributed by atoms with Crippen molar-refractivity contribution in [3.8, 4) is 5.88 Å². The number of benzene rings is 2. The van der Waals surface area contributed by atoms with E-state index < -0.39 is 5.97 Å². The Bertz CT molecular complexity index is 1290. The standard InChI is InChI=1S/C26H28N4O4/c1-29-12-14-30(15-13-29)20-9-7-19(8-10-20)27-17-23-22-16-18(4-2-3-5-24(31)32)6-11-21(22)25(33)28-26(23)34/h2,4,6-11,16-17H,3,5,12-15H2,1H3,(H,31,32)(H2,28,33,34). The van der Waals surface area contributed by atoms with Crippen molar-refractivity contribution in [3.63, 3.8) is 0 Å². The van der Waals surface area contributed by atoms with Gasteiger partial charge in [-0.1, -0.05) is 18.2 Å². The predicted octanol–water partition coefficient (Wildman–Crippen LogP) is 3.61. The van der Waals surface area contributed by atoms with E-state index >= 15 is 0 Å². The molecule has 4 rings (SSSR count). The van der Waals surface area contributed by atoms with E-state index in [9.17, 15) is 14.7 Å². The lowest BCUT2D eigenvalue weighted by Gasteiger charge is -2.34. The van der Waals surface area contributed by atoms with E-state index in [2.05, 4.69) is 26.8 Å². The maximum atomic E-state index is 12.3. The number of nitrogens with one attached hydrogen (secondary N) is 1. The van der Waals surface area contributed by atoms with E-state index in [0.29, 0.717) is 22.8 Å². The summed E-state index contributed by atoms with van der Waals surface area (Å²) < 4.78 is 0. The highest BCUT2D eigenvalue weighted by molar-refractivity contribution is 6.02. The van der Waals surface area contributed by atoms with Gasteiger partial charge in [-0.25, -0.2) is 0 Å². The molecule has 2 heterocycles. The number of fused-ring (bicyclic) bond motifs is 1. The Kier molecular flexibility index (Phi) is 7.08. The molecule has 2 aromatic carbocycles. The molecule has 0 bridgehead atoms. The molecule has 0 aliphatic carbocycles. The summed E-state index contributed by atoms with van der Waals surface area (Å²) in [7, 11) is 2.13. The number of likely N-dealkylation sites (N-methyl/N-ethyl adjacent to an activating group) is 1. The lowest BCUT2D eigenvalue weighted by Crippen LogP contribution is -2.44. The van der Waals surface area contributed by atoms with Crippen LogP contribution in [0.3, 0.4) is 0 Å². The van der Waals surface area contributed by atoms with Crippen molar-refractivity contribution in [1.29, 1.82) is 0 Å². The molecule has 3 N–H and O–H groups in total. The summed E-state index contributed by atoms with van der Waals surface area (Å²) >= 11 is 0. The minimum atomic E-state index is -0.852. The van der Waals surface area contributed by atoms with Crippen LogP contribution >= 0.6 is 0 Å². The molecule has 0 radical (unpaired) electrons. The Morgan fingerprint density at radius 1 is 1.09 bits per heavy atom. The van der Waals surface area contributed by atoms with Crippen LogP contribution in [0.1, 0.15) is 24.0 Å². The van der Waals surface area contributed by atoms with Gasteiger partial charge in [-0.2, -0.15) is 0 Å². The predicted molar refractivity (Wildman–Crippen MR) is 136 cm³/mol. The number of rotatable bonds is 7. The second-order valence-electron chi connectivity index (χ2n) is 8.42. The average Bonchev–Trinajstić information content (AvgIpc) is 2.82. The van der Waals surface area contributed by atoms with Gasteiger partial charge in [0.25, 0.3) is 5.56 Å². The molecule has 3 aromatic rings. The number of carboxylic acid groups (broad SMARTS) is 1. The second kappa shape index (κ2) is 10.4. The van der Waals surface area contributed by atoms with E-state index in [-0.39, 0.29) is 17.9 Å². The first-order chi connectivity index (χ1) is 16.4. The minimum absolute atomic E-state index is 0.0516. The summed E-state index contributed by atoms with van der Waals surface area (Å²) in [5.74, 6) is -1.10. The number of hydrogen-bond donors (Lipinski definition) is 3. The molecule has 1 saturated heterocycles. The van der Waals surface area contributed by atoms with Crippen molar-refractivity contribution in [1.82, 2.24) is 9.88 Å². The SMILES string of the molecule is CN1CCN(c2ccc(N=Cc3c(O)[nH]c(=O)c4ccc(C=CCCC(=O)O)cc34)cc2)CC1. The molecule has 8 heteroatoms. The summed E-state index contributed by atoms with van der Waals surface area (Å²) in [5.41, 5.74) is 2.72. The number of aliphatic imine (C=N–C) groups is 1. The van der Waals surface area contributed by atoms with Crippen molar-refractivity contribution >= 4 is 40.4 Å². The lowest BCUT2D eigenvalue weighted by molar-refractivity contribution is -0.136. The summed E-state index contributed by atoms with van der Waals surface area (Å²) in [4.78, 5) is 34.7. The topological polar surface area (TPSA) is 109 Å². The Morgan fingerprint density at radius 2 is 1.82 bits per heavy atom. The van der Waals surface area contributed by atoms with E-state index in [1.54, 1.807) is 36.6 Å². The van der Waals surface area contributed by atoms with Crippen molar-refractivity contribution in [2.75, 3.05) is 38.1 Å². The Balaban J connectivity index is 1.58. The van der Waals surface area contributed by atoms with Crippen LogP contribution in [0, 0.1) is 0 Å². The molecule has 1 aliphatic heterocycles. The van der Waals surface area contributed by atoms with Gasteiger partial charge in [0.15, 0.2) is 0 Å². The van der Waals surface area contributed by atoms with Gasteiger partial charge >= 0.3 is 5.97 Å². The van der Waals surface area contributed by atoms with Gasteiger partial charge in [0.05, 0.1) is 11.3 Å². The summed E-state index contributed by atoms with van der Waals surface area (Å²) in [6.45, 7) is 4.05. The van der Waals surface area contributed by atoms with Crippen LogP contribution in [0.15, 0.2) is 58.3 Å². The zero-order valence-electron chi connectivity index (χ0n) is 19.1. The Hall–Kier alpha value is -3.91. The fraction of sp³-hybridized carbons (Fsp3) is 0.269. The molecule has 34 heavy (non-hydrogen) atoms. The number of carboxylic acids is 1. The van der Waals surface area contributed by atoms with E-state index in [1.807, 2.05) is 24.3 Å². The molecule has 1 fully saturated rings. The third-order valence-electron chi connectivity index (χ3n) is 5.96. The maximum absolute atomic E-state index is 12.3. The van der Waals surface area contributed by atoms with Gasteiger partial charge in [0, 0.05) is 55.3 Å². The zero-order chi connectivity index (χ0) is 24.1. The van der Waals surface area contributed by atoms with Crippen molar-refractivity contribution < 1.29 is 15.0 Å². The fourth-order valence-corrected chi connectivity index (χ4v) is 3.97. The highest BCUT2D eigenvalue weighted by atomic mass is 16.4. The molecule has 176 valence electrons. The zero-order valence-corrected chi connectivity index (χ0v) is 19.1. The third kappa shape index (κ3) is 5.52. The molecule has 0 amide bonds. The number of allylic oxidation sites excluding steroid dienone is 1.